The molecule has 0 unspecified atom stereocenters. The fourth-order valence-electron chi connectivity index (χ4n) is 4.88. The van der Waals surface area contributed by atoms with Crippen LogP contribution >= 0.6 is 0 Å². The molecule has 6 heteroatoms. The second kappa shape index (κ2) is 6.39. The van der Waals surface area contributed by atoms with E-state index in [0.29, 0.717) is 24.0 Å². The summed E-state index contributed by atoms with van der Waals surface area (Å²) in [6, 6.07) is 0.713. The number of carbonyl (C=O) groups excluding carboxylic acids is 1. The van der Waals surface area contributed by atoms with Gasteiger partial charge in [-0.05, 0) is 57.5 Å². The van der Waals surface area contributed by atoms with Gasteiger partial charge in [-0.1, -0.05) is 0 Å². The Kier molecular flexibility index (Phi) is 4.24. The highest BCUT2D eigenvalue weighted by Crippen LogP contribution is 2.50. The number of carbonyl (C=O) groups is 1. The van der Waals surface area contributed by atoms with Crippen molar-refractivity contribution in [3.63, 3.8) is 0 Å². The molecule has 1 aromatic rings. The number of nitrogens with one attached hydrogen (secondary N) is 1. The van der Waals surface area contributed by atoms with E-state index in [0.717, 1.165) is 25.3 Å². The third-order valence-corrected chi connectivity index (χ3v) is 6.25. The minimum absolute atomic E-state index is 0.128. The molecule has 1 N–H and O–H groups in total. The number of ether oxygens (including phenoxy) is 1. The van der Waals surface area contributed by atoms with Crippen LogP contribution in [0.25, 0.3) is 0 Å². The van der Waals surface area contributed by atoms with Gasteiger partial charge in [-0.15, -0.1) is 0 Å². The minimum Gasteiger partial charge on any atom is -0.450 e. The smallest absolute Gasteiger partial charge is 0.409 e. The van der Waals surface area contributed by atoms with Crippen LogP contribution in [-0.4, -0.2) is 64.7 Å². The molecule has 2 aliphatic heterocycles. The molecule has 1 spiro atoms. The number of hydrogen-bond donors (Lipinski definition) is 1. The number of hydrogen-bond acceptors (Lipinski definition) is 4. The maximum Gasteiger partial charge on any atom is 0.409 e. The summed E-state index contributed by atoms with van der Waals surface area (Å²) in [6.07, 6.45) is 9.68. The topological polar surface area (TPSA) is 61.5 Å². The first-order valence-electron chi connectivity index (χ1n) is 9.34. The van der Waals surface area contributed by atoms with E-state index < -0.39 is 0 Å². The summed E-state index contributed by atoms with van der Waals surface area (Å²) in [4.78, 5) is 24.1. The van der Waals surface area contributed by atoms with Crippen LogP contribution in [0.5, 0.6) is 0 Å². The third kappa shape index (κ3) is 2.92. The van der Waals surface area contributed by atoms with Gasteiger partial charge in [-0.25, -0.2) is 9.78 Å². The van der Waals surface area contributed by atoms with Gasteiger partial charge in [0.15, 0.2) is 0 Å². The zero-order valence-electron chi connectivity index (χ0n) is 14.5. The number of H-pyrrole nitrogens is 1. The molecule has 3 heterocycles. The van der Waals surface area contributed by atoms with E-state index in [2.05, 4.69) is 14.9 Å². The highest BCUT2D eigenvalue weighted by Gasteiger charge is 2.51. The summed E-state index contributed by atoms with van der Waals surface area (Å²) in [7, 11) is 0. The van der Waals surface area contributed by atoms with Crippen molar-refractivity contribution in [1.82, 2.24) is 19.8 Å². The fraction of sp³-hybridized carbons (Fsp3) is 0.778. The summed E-state index contributed by atoms with van der Waals surface area (Å²) >= 11 is 0. The lowest BCUT2D eigenvalue weighted by molar-refractivity contribution is -0.00504. The molecular formula is C18H28N4O2. The van der Waals surface area contributed by atoms with Crippen molar-refractivity contribution in [2.75, 3.05) is 32.8 Å². The number of aromatic amines is 1. The van der Waals surface area contributed by atoms with E-state index in [1.54, 1.807) is 0 Å². The van der Waals surface area contributed by atoms with Gasteiger partial charge in [0.1, 0.15) is 5.82 Å². The molecule has 0 atom stereocenters. The Bertz CT molecular complexity index is 560. The number of aromatic nitrogens is 2. The molecule has 1 saturated carbocycles. The molecule has 1 amide bonds. The first kappa shape index (κ1) is 15.9. The molecule has 0 aromatic carbocycles. The predicted molar refractivity (Wildman–Crippen MR) is 90.8 cm³/mol. The summed E-state index contributed by atoms with van der Waals surface area (Å²) in [5, 5.41) is 0. The maximum atomic E-state index is 11.9. The number of nitrogens with zero attached hydrogens (tertiary/aromatic N) is 3. The lowest BCUT2D eigenvalue weighted by atomic mass is 9.64. The number of imidazole rings is 1. The highest BCUT2D eigenvalue weighted by molar-refractivity contribution is 5.68. The van der Waals surface area contributed by atoms with Gasteiger partial charge in [0.25, 0.3) is 0 Å². The van der Waals surface area contributed by atoms with Crippen molar-refractivity contribution in [3.8, 4) is 0 Å². The molecular weight excluding hydrogens is 304 g/mol. The second-order valence-electron chi connectivity index (χ2n) is 7.72. The van der Waals surface area contributed by atoms with Crippen molar-refractivity contribution in [1.29, 1.82) is 0 Å². The van der Waals surface area contributed by atoms with Crippen LogP contribution in [0, 0.1) is 5.41 Å². The van der Waals surface area contributed by atoms with Gasteiger partial charge in [-0.3, -0.25) is 0 Å². The molecule has 0 radical (unpaired) electrons. The van der Waals surface area contributed by atoms with Crippen LogP contribution in [0.2, 0.25) is 0 Å². The standard InChI is InChI=1S/C18H28N4O2/c1-2-24-17(23)22-10-5-18(13-22)11-15(12-18)21-8-3-14(4-9-21)16-19-6-7-20-16/h6-7,14-15H,2-5,8-13H2,1H3,(H,19,20). The predicted octanol–water partition coefficient (Wildman–Crippen LogP) is 2.60. The van der Waals surface area contributed by atoms with Crippen LogP contribution in [0.1, 0.15) is 50.8 Å². The third-order valence-electron chi connectivity index (χ3n) is 6.25. The SMILES string of the molecule is CCOC(=O)N1CCC2(CC(N3CCC(c4ncc[nH]4)CC3)C2)C1. The first-order valence-corrected chi connectivity index (χ1v) is 9.34. The van der Waals surface area contributed by atoms with E-state index in [1.165, 1.54) is 38.8 Å². The first-order chi connectivity index (χ1) is 11.7. The van der Waals surface area contributed by atoms with Crippen LogP contribution < -0.4 is 0 Å². The molecule has 132 valence electrons. The number of piperidine rings is 1. The van der Waals surface area contributed by atoms with Gasteiger partial charge in [0.05, 0.1) is 6.61 Å². The maximum absolute atomic E-state index is 11.9. The lowest BCUT2D eigenvalue weighted by Gasteiger charge is -2.51. The molecule has 6 nitrogen and oxygen atoms in total. The lowest BCUT2D eigenvalue weighted by Crippen LogP contribution is -2.54. The number of likely N-dealkylation sites (tertiary alicyclic amines) is 2. The molecule has 2 saturated heterocycles. The molecule has 3 aliphatic rings. The van der Waals surface area contributed by atoms with E-state index in [1.807, 2.05) is 24.2 Å². The van der Waals surface area contributed by atoms with Crippen LogP contribution in [-0.2, 0) is 4.74 Å². The highest BCUT2D eigenvalue weighted by atomic mass is 16.6. The van der Waals surface area contributed by atoms with Crippen molar-refractivity contribution < 1.29 is 9.53 Å². The summed E-state index contributed by atoms with van der Waals surface area (Å²) in [5.41, 5.74) is 0.370. The van der Waals surface area contributed by atoms with Gasteiger partial charge in [0, 0.05) is 37.4 Å². The Morgan fingerprint density at radius 3 is 2.83 bits per heavy atom. The Morgan fingerprint density at radius 1 is 1.38 bits per heavy atom. The van der Waals surface area contributed by atoms with E-state index >= 15 is 0 Å². The van der Waals surface area contributed by atoms with Gasteiger partial charge in [0.2, 0.25) is 0 Å². The van der Waals surface area contributed by atoms with E-state index in [-0.39, 0.29) is 6.09 Å². The second-order valence-corrected chi connectivity index (χ2v) is 7.72. The average Bonchev–Trinajstić information content (AvgIpc) is 3.24. The Hall–Kier alpha value is -1.56. The minimum atomic E-state index is -0.128. The average molecular weight is 332 g/mol. The van der Waals surface area contributed by atoms with Crippen molar-refractivity contribution in [3.05, 3.63) is 18.2 Å². The summed E-state index contributed by atoms with van der Waals surface area (Å²) in [6.45, 7) is 6.45. The van der Waals surface area contributed by atoms with Gasteiger partial charge < -0.3 is 19.5 Å². The fourth-order valence-corrected chi connectivity index (χ4v) is 4.88. The number of amides is 1. The summed E-state index contributed by atoms with van der Waals surface area (Å²) < 4.78 is 5.15. The van der Waals surface area contributed by atoms with E-state index in [9.17, 15) is 4.79 Å². The van der Waals surface area contributed by atoms with Crippen molar-refractivity contribution in [2.24, 2.45) is 5.41 Å². The quantitative estimate of drug-likeness (QED) is 0.924. The monoisotopic (exact) mass is 332 g/mol. The zero-order chi connectivity index (χ0) is 16.6. The molecule has 3 fully saturated rings. The van der Waals surface area contributed by atoms with Crippen LogP contribution in [0.15, 0.2) is 12.4 Å². The van der Waals surface area contributed by atoms with Gasteiger partial charge >= 0.3 is 6.09 Å². The van der Waals surface area contributed by atoms with Crippen molar-refractivity contribution >= 4 is 6.09 Å². The molecule has 0 bridgehead atoms. The van der Waals surface area contributed by atoms with Crippen LogP contribution in [0.3, 0.4) is 0 Å². The zero-order valence-corrected chi connectivity index (χ0v) is 14.5. The van der Waals surface area contributed by atoms with Crippen LogP contribution in [0.4, 0.5) is 4.79 Å². The Morgan fingerprint density at radius 2 is 2.17 bits per heavy atom. The molecule has 1 aromatic heterocycles. The molecule has 24 heavy (non-hydrogen) atoms. The van der Waals surface area contributed by atoms with E-state index in [4.69, 9.17) is 4.74 Å². The summed E-state index contributed by atoms with van der Waals surface area (Å²) in [5.74, 6) is 1.75. The van der Waals surface area contributed by atoms with Crippen molar-refractivity contribution in [2.45, 2.75) is 51.0 Å². The molecule has 4 rings (SSSR count). The number of rotatable bonds is 3. The Balaban J connectivity index is 1.24. The van der Waals surface area contributed by atoms with Gasteiger partial charge in [-0.2, -0.15) is 0 Å². The largest absolute Gasteiger partial charge is 0.450 e. The molecule has 1 aliphatic carbocycles. The Labute approximate surface area is 143 Å². The normalized spacial score (nSPS) is 31.4.